The van der Waals surface area contributed by atoms with Crippen LogP contribution in [0.3, 0.4) is 0 Å². The Morgan fingerprint density at radius 2 is 2.19 bits per heavy atom. The molecule has 1 aliphatic rings. The summed E-state index contributed by atoms with van der Waals surface area (Å²) in [6.07, 6.45) is 4.46. The van der Waals surface area contributed by atoms with E-state index in [0.29, 0.717) is 6.04 Å². The van der Waals surface area contributed by atoms with Gasteiger partial charge in [-0.05, 0) is 36.3 Å². The molecule has 0 aliphatic carbocycles. The van der Waals surface area contributed by atoms with Gasteiger partial charge in [0.2, 0.25) is 0 Å². The van der Waals surface area contributed by atoms with Crippen LogP contribution in [-0.2, 0) is 11.3 Å². The van der Waals surface area contributed by atoms with Crippen molar-refractivity contribution in [2.24, 2.45) is 5.92 Å². The van der Waals surface area contributed by atoms with Crippen LogP contribution in [0.1, 0.15) is 14.2 Å². The summed E-state index contributed by atoms with van der Waals surface area (Å²) in [5, 5.41) is 1.17. The number of rotatable bonds is 2. The summed E-state index contributed by atoms with van der Waals surface area (Å²) < 4.78 is 15.3. The first-order chi connectivity index (χ1) is 8.33. The fourth-order valence-electron chi connectivity index (χ4n) is 2.45. The van der Waals surface area contributed by atoms with Gasteiger partial charge in [0, 0.05) is 31.5 Å². The second-order valence-electron chi connectivity index (χ2n) is 4.51. The third-order valence-corrected chi connectivity index (χ3v) is 3.41. The summed E-state index contributed by atoms with van der Waals surface area (Å²) in [7, 11) is 0. The number of fused-ring (bicyclic) bond motifs is 1. The van der Waals surface area contributed by atoms with Crippen LogP contribution in [0, 0.1) is 5.92 Å². The Hall–Kier alpha value is -1.28. The summed E-state index contributed by atoms with van der Waals surface area (Å²) in [5.41, 5.74) is 1.24. The van der Waals surface area contributed by atoms with Gasteiger partial charge in [-0.2, -0.15) is 0 Å². The first-order valence-electron chi connectivity index (χ1n) is 6.46. The molecule has 1 aromatic carbocycles. The molecule has 0 bridgehead atoms. The van der Waals surface area contributed by atoms with Gasteiger partial charge in [-0.3, -0.25) is 0 Å². The Balaban J connectivity index is 1.84. The SMILES string of the molecule is [2H]c1ccc2c(ccn2CC2CCOCC2)c1. The van der Waals surface area contributed by atoms with Gasteiger partial charge >= 0.3 is 0 Å². The summed E-state index contributed by atoms with van der Waals surface area (Å²) >= 11 is 0. The number of aromatic nitrogens is 1. The van der Waals surface area contributed by atoms with Crippen molar-refractivity contribution in [1.82, 2.24) is 4.57 Å². The van der Waals surface area contributed by atoms with Gasteiger partial charge in [0.15, 0.2) is 0 Å². The number of hydrogen-bond donors (Lipinski definition) is 0. The van der Waals surface area contributed by atoms with Crippen LogP contribution in [0.4, 0.5) is 0 Å². The monoisotopic (exact) mass is 216 g/mol. The Bertz CT molecular complexity index is 514. The summed E-state index contributed by atoms with van der Waals surface area (Å²) in [6.45, 7) is 2.88. The van der Waals surface area contributed by atoms with Crippen LogP contribution >= 0.6 is 0 Å². The van der Waals surface area contributed by atoms with Crippen molar-refractivity contribution in [2.45, 2.75) is 19.4 Å². The van der Waals surface area contributed by atoms with E-state index in [4.69, 9.17) is 6.11 Å². The summed E-state index contributed by atoms with van der Waals surface area (Å²) in [6, 6.07) is 8.53. The van der Waals surface area contributed by atoms with E-state index in [0.717, 1.165) is 38.5 Å². The fourth-order valence-corrected chi connectivity index (χ4v) is 2.45. The molecule has 0 spiro atoms. The maximum Gasteiger partial charge on any atom is 0.0623 e. The third-order valence-electron chi connectivity index (χ3n) is 3.41. The Morgan fingerprint density at radius 3 is 3.06 bits per heavy atom. The average Bonchev–Trinajstić information content (AvgIpc) is 2.73. The van der Waals surface area contributed by atoms with E-state index in [1.165, 1.54) is 10.9 Å². The molecule has 0 unspecified atom stereocenters. The second-order valence-corrected chi connectivity index (χ2v) is 4.51. The molecule has 3 rings (SSSR count). The van der Waals surface area contributed by atoms with E-state index in [-0.39, 0.29) is 0 Å². The average molecular weight is 216 g/mol. The zero-order valence-corrected chi connectivity index (χ0v) is 9.36. The minimum Gasteiger partial charge on any atom is -0.381 e. The maximum atomic E-state index is 7.61. The van der Waals surface area contributed by atoms with Gasteiger partial charge in [-0.1, -0.05) is 18.2 Å². The molecule has 1 aliphatic heterocycles. The molecule has 2 nitrogen and oxygen atoms in total. The van der Waals surface area contributed by atoms with Crippen LogP contribution in [0.5, 0.6) is 0 Å². The van der Waals surface area contributed by atoms with Gasteiger partial charge in [0.25, 0.3) is 0 Å². The minimum absolute atomic E-state index is 0.585. The second kappa shape index (κ2) is 4.30. The van der Waals surface area contributed by atoms with E-state index in [1.54, 1.807) is 0 Å². The highest BCUT2D eigenvalue weighted by molar-refractivity contribution is 5.79. The molecule has 0 radical (unpaired) electrons. The molecule has 1 saturated heterocycles. The van der Waals surface area contributed by atoms with Crippen LogP contribution in [0.2, 0.25) is 0 Å². The Labute approximate surface area is 97.2 Å². The normalized spacial score (nSPS) is 18.9. The van der Waals surface area contributed by atoms with E-state index >= 15 is 0 Å². The fraction of sp³-hybridized carbons (Fsp3) is 0.429. The van der Waals surface area contributed by atoms with Crippen molar-refractivity contribution in [1.29, 1.82) is 0 Å². The van der Waals surface area contributed by atoms with Gasteiger partial charge in [0.05, 0.1) is 1.37 Å². The lowest BCUT2D eigenvalue weighted by molar-refractivity contribution is 0.0616. The maximum absolute atomic E-state index is 7.61. The molecule has 0 atom stereocenters. The van der Waals surface area contributed by atoms with Gasteiger partial charge in [-0.25, -0.2) is 0 Å². The van der Waals surface area contributed by atoms with Crippen molar-refractivity contribution in [3.8, 4) is 0 Å². The van der Waals surface area contributed by atoms with Crippen molar-refractivity contribution >= 4 is 10.9 Å². The zero-order valence-electron chi connectivity index (χ0n) is 10.4. The topological polar surface area (TPSA) is 14.2 Å². The lowest BCUT2D eigenvalue weighted by atomic mass is 10.0. The van der Waals surface area contributed by atoms with E-state index in [1.807, 2.05) is 12.1 Å². The van der Waals surface area contributed by atoms with E-state index in [2.05, 4.69) is 22.9 Å². The lowest BCUT2D eigenvalue weighted by Crippen LogP contribution is -2.19. The highest BCUT2D eigenvalue weighted by Gasteiger charge is 2.14. The molecule has 2 heterocycles. The number of nitrogens with zero attached hydrogens (tertiary/aromatic N) is 1. The van der Waals surface area contributed by atoms with Gasteiger partial charge < -0.3 is 9.30 Å². The molecule has 16 heavy (non-hydrogen) atoms. The van der Waals surface area contributed by atoms with Gasteiger partial charge in [-0.15, -0.1) is 0 Å². The molecule has 2 aromatic rings. The van der Waals surface area contributed by atoms with Crippen LogP contribution in [-0.4, -0.2) is 17.8 Å². The molecule has 0 amide bonds. The van der Waals surface area contributed by atoms with Crippen molar-refractivity contribution < 1.29 is 6.11 Å². The summed E-state index contributed by atoms with van der Waals surface area (Å²) in [4.78, 5) is 0. The molecule has 84 valence electrons. The number of para-hydroxylation sites is 1. The predicted octanol–water partition coefficient (Wildman–Crippen LogP) is 3.07. The van der Waals surface area contributed by atoms with Crippen LogP contribution in [0.15, 0.2) is 36.5 Å². The van der Waals surface area contributed by atoms with Crippen molar-refractivity contribution in [3.63, 3.8) is 0 Å². The van der Waals surface area contributed by atoms with E-state index < -0.39 is 0 Å². The van der Waals surface area contributed by atoms with Crippen molar-refractivity contribution in [2.75, 3.05) is 13.2 Å². The lowest BCUT2D eigenvalue weighted by Gasteiger charge is -2.22. The smallest absolute Gasteiger partial charge is 0.0623 e. The highest BCUT2D eigenvalue weighted by Crippen LogP contribution is 2.21. The molecule has 1 aromatic heterocycles. The number of benzene rings is 1. The molecule has 2 heteroatoms. The molecular weight excluding hydrogens is 198 g/mol. The van der Waals surface area contributed by atoms with Crippen molar-refractivity contribution in [3.05, 3.63) is 36.5 Å². The first-order valence-corrected chi connectivity index (χ1v) is 5.96. The highest BCUT2D eigenvalue weighted by atomic mass is 16.5. The van der Waals surface area contributed by atoms with Crippen LogP contribution in [0.25, 0.3) is 10.9 Å². The molecular formula is C14H17NO. The third kappa shape index (κ3) is 1.85. The standard InChI is InChI=1S/C14H17NO/c1-2-4-14-13(3-1)5-8-15(14)11-12-6-9-16-10-7-12/h1-5,8,12H,6-7,9-11H2/i1D. The Kier molecular flexibility index (Phi) is 2.37. The Morgan fingerprint density at radius 1 is 1.31 bits per heavy atom. The minimum atomic E-state index is 0.585. The zero-order chi connectivity index (χ0) is 11.7. The largest absolute Gasteiger partial charge is 0.381 e. The number of ether oxygens (including phenoxy) is 1. The predicted molar refractivity (Wildman–Crippen MR) is 65.5 cm³/mol. The van der Waals surface area contributed by atoms with Crippen LogP contribution < -0.4 is 0 Å². The van der Waals surface area contributed by atoms with E-state index in [9.17, 15) is 0 Å². The molecule has 1 fully saturated rings. The van der Waals surface area contributed by atoms with Gasteiger partial charge in [0.1, 0.15) is 0 Å². The molecule has 0 N–H and O–H groups in total. The summed E-state index contributed by atoms with van der Waals surface area (Å²) in [5.74, 6) is 0.732. The quantitative estimate of drug-likeness (QED) is 0.752. The first kappa shape index (κ1) is 8.82. The number of hydrogen-bond acceptors (Lipinski definition) is 1. The molecule has 0 saturated carbocycles.